The fraction of sp³-hybridized carbons (Fsp3) is 0.300. The molecule has 70 valence electrons. The molecule has 1 aliphatic rings. The van der Waals surface area contributed by atoms with Crippen molar-refractivity contribution in [1.82, 2.24) is 0 Å². The van der Waals surface area contributed by atoms with Crippen LogP contribution in [-0.4, -0.2) is 21.6 Å². The predicted octanol–water partition coefficient (Wildman–Crippen LogP) is 1.26. The molecule has 0 radical (unpaired) electrons. The van der Waals surface area contributed by atoms with Crippen molar-refractivity contribution in [3.63, 3.8) is 0 Å². The van der Waals surface area contributed by atoms with Gasteiger partial charge in [0.2, 0.25) is 0 Å². The summed E-state index contributed by atoms with van der Waals surface area (Å²) in [4.78, 5) is 11.4. The third-order valence-electron chi connectivity index (χ3n) is 1.93. The Bertz CT molecular complexity index is 312. The number of rotatable bonds is 2. The first-order chi connectivity index (χ1) is 5.96. The molecule has 0 spiro atoms. The third kappa shape index (κ3) is 1.87. The largest absolute Gasteiger partial charge is 0.508 e. The quantitative estimate of drug-likeness (QED) is 0.629. The number of carbonyl (C=O) groups excluding carboxylic acids is 1. The van der Waals surface area contributed by atoms with Crippen molar-refractivity contribution in [3.05, 3.63) is 36.1 Å². The van der Waals surface area contributed by atoms with Gasteiger partial charge in [0.25, 0.3) is 0 Å². The van der Waals surface area contributed by atoms with E-state index in [0.29, 0.717) is 5.57 Å². The Kier molecular flexibility index (Phi) is 2.38. The van der Waals surface area contributed by atoms with Gasteiger partial charge >= 0.3 is 0 Å². The fourth-order valence-corrected chi connectivity index (χ4v) is 1.16. The van der Waals surface area contributed by atoms with Crippen LogP contribution < -0.4 is 0 Å². The van der Waals surface area contributed by atoms with Gasteiger partial charge in [-0.15, -0.1) is 0 Å². The molecule has 1 rings (SSSR count). The number of allylic oxidation sites excluding steroid dienone is 1. The van der Waals surface area contributed by atoms with E-state index in [1.807, 2.05) is 0 Å². The van der Waals surface area contributed by atoms with Crippen molar-refractivity contribution >= 4 is 5.78 Å². The van der Waals surface area contributed by atoms with Gasteiger partial charge in [0, 0.05) is 6.42 Å². The van der Waals surface area contributed by atoms with E-state index in [1.54, 1.807) is 6.92 Å². The average Bonchev–Trinajstić information content (AvgIpc) is 2.09. The van der Waals surface area contributed by atoms with E-state index in [1.165, 1.54) is 18.2 Å². The summed E-state index contributed by atoms with van der Waals surface area (Å²) in [5.41, 5.74) is -1.21. The van der Waals surface area contributed by atoms with Gasteiger partial charge in [-0.25, -0.2) is 0 Å². The van der Waals surface area contributed by atoms with Crippen molar-refractivity contribution in [2.75, 3.05) is 0 Å². The van der Waals surface area contributed by atoms with Crippen molar-refractivity contribution in [3.8, 4) is 0 Å². The zero-order valence-corrected chi connectivity index (χ0v) is 7.45. The Hall–Kier alpha value is -1.35. The molecule has 0 saturated heterocycles. The van der Waals surface area contributed by atoms with Gasteiger partial charge in [-0.3, -0.25) is 4.79 Å². The second kappa shape index (κ2) is 3.18. The molecule has 0 aromatic carbocycles. The minimum absolute atomic E-state index is 0.0687. The second-order valence-corrected chi connectivity index (χ2v) is 3.20. The summed E-state index contributed by atoms with van der Waals surface area (Å²) in [6.45, 7) is 5.02. The topological polar surface area (TPSA) is 57.5 Å². The van der Waals surface area contributed by atoms with Crippen LogP contribution in [0, 0.1) is 0 Å². The van der Waals surface area contributed by atoms with E-state index in [2.05, 4.69) is 6.58 Å². The molecule has 3 heteroatoms. The van der Waals surface area contributed by atoms with E-state index in [-0.39, 0.29) is 12.2 Å². The summed E-state index contributed by atoms with van der Waals surface area (Å²) >= 11 is 0. The summed E-state index contributed by atoms with van der Waals surface area (Å²) in [5.74, 6) is -0.341. The molecule has 0 aliphatic heterocycles. The van der Waals surface area contributed by atoms with Crippen LogP contribution in [0.15, 0.2) is 36.1 Å². The maximum absolute atomic E-state index is 11.4. The number of Topliss-reactive ketones (excluding diaryl/α,β-unsaturated/α-hetero) is 1. The number of ketones is 1. The lowest BCUT2D eigenvalue weighted by atomic mass is 9.87. The number of carbonyl (C=O) groups is 1. The molecule has 0 aromatic heterocycles. The zero-order chi connectivity index (χ0) is 10.1. The highest BCUT2D eigenvalue weighted by Gasteiger charge is 2.33. The normalized spacial score (nSPS) is 26.8. The van der Waals surface area contributed by atoms with Crippen molar-refractivity contribution < 1.29 is 15.0 Å². The van der Waals surface area contributed by atoms with E-state index in [0.717, 1.165) is 0 Å². The van der Waals surface area contributed by atoms with Gasteiger partial charge in [-0.2, -0.15) is 0 Å². The van der Waals surface area contributed by atoms with Gasteiger partial charge in [-0.05, 0) is 30.7 Å². The van der Waals surface area contributed by atoms with Gasteiger partial charge < -0.3 is 10.2 Å². The van der Waals surface area contributed by atoms with Crippen LogP contribution in [0.3, 0.4) is 0 Å². The van der Waals surface area contributed by atoms with Crippen LogP contribution in [0.25, 0.3) is 0 Å². The Morgan fingerprint density at radius 1 is 1.69 bits per heavy atom. The van der Waals surface area contributed by atoms with E-state index in [4.69, 9.17) is 5.11 Å². The van der Waals surface area contributed by atoms with Gasteiger partial charge in [-0.1, -0.05) is 6.58 Å². The van der Waals surface area contributed by atoms with Crippen LogP contribution in [0.4, 0.5) is 0 Å². The van der Waals surface area contributed by atoms with Crippen LogP contribution in [-0.2, 0) is 4.79 Å². The number of aliphatic hydroxyl groups is 2. The van der Waals surface area contributed by atoms with E-state index < -0.39 is 11.4 Å². The number of hydrogen-bond acceptors (Lipinski definition) is 3. The molecule has 1 unspecified atom stereocenters. The SMILES string of the molecule is C=C(C)C(=O)C1(O)C=CC(O)=CC1. The maximum atomic E-state index is 11.4. The first kappa shape index (κ1) is 9.74. The first-order valence-corrected chi connectivity index (χ1v) is 3.97. The van der Waals surface area contributed by atoms with Crippen LogP contribution >= 0.6 is 0 Å². The lowest BCUT2D eigenvalue weighted by Gasteiger charge is -2.23. The lowest BCUT2D eigenvalue weighted by Crippen LogP contribution is -2.37. The minimum atomic E-state index is -1.52. The highest BCUT2D eigenvalue weighted by atomic mass is 16.3. The molecule has 3 nitrogen and oxygen atoms in total. The van der Waals surface area contributed by atoms with Gasteiger partial charge in [0.15, 0.2) is 5.78 Å². The van der Waals surface area contributed by atoms with Crippen LogP contribution in [0.1, 0.15) is 13.3 Å². The molecule has 0 amide bonds. The standard InChI is InChI=1S/C10H12O3/c1-7(2)9(12)10(13)5-3-8(11)4-6-10/h3-5,11,13H,1,6H2,2H3. The zero-order valence-electron chi connectivity index (χ0n) is 7.45. The molecule has 0 saturated carbocycles. The molecule has 1 aliphatic carbocycles. The van der Waals surface area contributed by atoms with Gasteiger partial charge in [0.1, 0.15) is 11.4 Å². The average molecular weight is 180 g/mol. The molecule has 1 atom stereocenters. The van der Waals surface area contributed by atoms with Crippen molar-refractivity contribution in [2.45, 2.75) is 18.9 Å². The fourth-order valence-electron chi connectivity index (χ4n) is 1.16. The molecule has 2 N–H and O–H groups in total. The minimum Gasteiger partial charge on any atom is -0.508 e. The maximum Gasteiger partial charge on any atom is 0.193 e. The molecular formula is C10H12O3. The first-order valence-electron chi connectivity index (χ1n) is 3.97. The lowest BCUT2D eigenvalue weighted by molar-refractivity contribution is -0.128. The van der Waals surface area contributed by atoms with E-state index >= 15 is 0 Å². The molecule has 0 heterocycles. The molecular weight excluding hydrogens is 168 g/mol. The van der Waals surface area contributed by atoms with E-state index in [9.17, 15) is 9.90 Å². The predicted molar refractivity (Wildman–Crippen MR) is 49.2 cm³/mol. The van der Waals surface area contributed by atoms with Crippen LogP contribution in [0.2, 0.25) is 0 Å². The van der Waals surface area contributed by atoms with Gasteiger partial charge in [0.05, 0.1) is 0 Å². The Balaban J connectivity index is 2.88. The highest BCUT2D eigenvalue weighted by Crippen LogP contribution is 2.23. The molecule has 0 aromatic rings. The summed E-state index contributed by atoms with van der Waals surface area (Å²) in [7, 11) is 0. The molecule has 0 fully saturated rings. The van der Waals surface area contributed by atoms with Crippen LogP contribution in [0.5, 0.6) is 0 Å². The Morgan fingerprint density at radius 3 is 2.69 bits per heavy atom. The number of hydrogen-bond donors (Lipinski definition) is 2. The molecule has 0 bridgehead atoms. The molecule has 13 heavy (non-hydrogen) atoms. The summed E-state index contributed by atoms with van der Waals surface area (Å²) in [5, 5.41) is 18.8. The Morgan fingerprint density at radius 2 is 2.31 bits per heavy atom. The smallest absolute Gasteiger partial charge is 0.193 e. The second-order valence-electron chi connectivity index (χ2n) is 3.20. The highest BCUT2D eigenvalue weighted by molar-refractivity contribution is 6.02. The summed E-state index contributed by atoms with van der Waals surface area (Å²) in [6, 6.07) is 0. The Labute approximate surface area is 76.7 Å². The van der Waals surface area contributed by atoms with Crippen molar-refractivity contribution in [1.29, 1.82) is 0 Å². The monoisotopic (exact) mass is 180 g/mol. The summed E-state index contributed by atoms with van der Waals surface area (Å²) < 4.78 is 0. The number of aliphatic hydroxyl groups excluding tert-OH is 1. The summed E-state index contributed by atoms with van der Waals surface area (Å²) in [6.07, 6.45) is 4.10. The third-order valence-corrected chi connectivity index (χ3v) is 1.93. The van der Waals surface area contributed by atoms with Crippen molar-refractivity contribution in [2.24, 2.45) is 0 Å².